The summed E-state index contributed by atoms with van der Waals surface area (Å²) in [6.45, 7) is 4.91. The van der Waals surface area contributed by atoms with Crippen LogP contribution < -0.4 is 0 Å². The van der Waals surface area contributed by atoms with E-state index in [4.69, 9.17) is 9.47 Å². The van der Waals surface area contributed by atoms with Crippen molar-refractivity contribution in [3.05, 3.63) is 11.3 Å². The Bertz CT molecular complexity index is 355. The van der Waals surface area contributed by atoms with Gasteiger partial charge in [0.15, 0.2) is 5.57 Å². The molecule has 2 saturated heterocycles. The predicted molar refractivity (Wildman–Crippen MR) is 60.0 cm³/mol. The van der Waals surface area contributed by atoms with E-state index in [1.165, 1.54) is 0 Å². The van der Waals surface area contributed by atoms with Crippen molar-refractivity contribution in [2.75, 3.05) is 19.8 Å². The second kappa shape index (κ2) is 4.77. The molecule has 0 spiro atoms. The monoisotopic (exact) mass is 239 g/mol. The van der Waals surface area contributed by atoms with Gasteiger partial charge in [-0.3, -0.25) is 0 Å². The van der Waals surface area contributed by atoms with Crippen molar-refractivity contribution in [2.24, 2.45) is 0 Å². The van der Waals surface area contributed by atoms with Crippen LogP contribution in [0.2, 0.25) is 0 Å². The molecule has 0 aromatic rings. The number of piperidine rings is 1. The molecule has 0 amide bonds. The maximum atomic E-state index is 11.8. The maximum Gasteiger partial charge on any atom is 0.347 e. The van der Waals surface area contributed by atoms with Gasteiger partial charge in [0.1, 0.15) is 0 Å². The Kier molecular flexibility index (Phi) is 3.36. The number of hydrogen-bond acceptors (Lipinski definition) is 5. The molecule has 0 radical (unpaired) electrons. The zero-order chi connectivity index (χ0) is 12.4. The number of ether oxygens (including phenoxy) is 2. The fraction of sp³-hybridized carbons (Fsp3) is 0.667. The van der Waals surface area contributed by atoms with Gasteiger partial charge in [0.05, 0.1) is 13.2 Å². The molecule has 2 fully saturated rings. The minimum atomic E-state index is -0.562. The molecule has 0 aliphatic carbocycles. The highest BCUT2D eigenvalue weighted by atomic mass is 16.6. The number of carbonyl (C=O) groups is 2. The van der Waals surface area contributed by atoms with Crippen molar-refractivity contribution in [2.45, 2.75) is 32.7 Å². The van der Waals surface area contributed by atoms with Crippen molar-refractivity contribution < 1.29 is 19.1 Å². The minimum Gasteiger partial charge on any atom is -0.462 e. The van der Waals surface area contributed by atoms with E-state index in [0.717, 1.165) is 25.1 Å². The number of carbonyl (C=O) groups excluding carboxylic acids is 2. The van der Waals surface area contributed by atoms with E-state index in [9.17, 15) is 9.59 Å². The van der Waals surface area contributed by atoms with Gasteiger partial charge < -0.3 is 14.4 Å². The lowest BCUT2D eigenvalue weighted by atomic mass is 10.1. The lowest BCUT2D eigenvalue weighted by molar-refractivity contribution is -0.146. The quantitative estimate of drug-likeness (QED) is 0.239. The zero-order valence-electron chi connectivity index (χ0n) is 10.2. The van der Waals surface area contributed by atoms with Gasteiger partial charge in [0.25, 0.3) is 0 Å². The molecule has 2 aliphatic rings. The summed E-state index contributed by atoms with van der Waals surface area (Å²) in [6, 6.07) is 0.517. The van der Waals surface area contributed by atoms with Crippen LogP contribution in [0.4, 0.5) is 0 Å². The molecule has 0 saturated carbocycles. The van der Waals surface area contributed by atoms with Crippen molar-refractivity contribution >= 4 is 11.9 Å². The number of esters is 2. The molecule has 0 aromatic heterocycles. The molecule has 94 valence electrons. The van der Waals surface area contributed by atoms with Crippen molar-refractivity contribution in [3.8, 4) is 0 Å². The third kappa shape index (κ3) is 2.28. The average molecular weight is 239 g/mol. The van der Waals surface area contributed by atoms with E-state index in [1.54, 1.807) is 13.8 Å². The van der Waals surface area contributed by atoms with Crippen LogP contribution in [0.15, 0.2) is 11.3 Å². The summed E-state index contributed by atoms with van der Waals surface area (Å²) in [6.07, 6.45) is 1.77. The first-order chi connectivity index (χ1) is 8.19. The van der Waals surface area contributed by atoms with Crippen LogP contribution in [0.25, 0.3) is 0 Å². The Balaban J connectivity index is 2.23. The normalized spacial score (nSPS) is 20.9. The van der Waals surface area contributed by atoms with Gasteiger partial charge in [-0.15, -0.1) is 0 Å². The number of allylic oxidation sites excluding steroid dienone is 1. The molecule has 0 aromatic carbocycles. The number of nitrogens with zero attached hydrogens (tertiary/aromatic N) is 1. The molecule has 5 nitrogen and oxygen atoms in total. The summed E-state index contributed by atoms with van der Waals surface area (Å²) in [5, 5.41) is 0. The first kappa shape index (κ1) is 12.0. The van der Waals surface area contributed by atoms with Crippen LogP contribution in [0.1, 0.15) is 26.7 Å². The third-order valence-corrected chi connectivity index (χ3v) is 3.02. The van der Waals surface area contributed by atoms with Crippen LogP contribution in [0.5, 0.6) is 0 Å². The van der Waals surface area contributed by atoms with Gasteiger partial charge in [-0.2, -0.15) is 0 Å². The van der Waals surface area contributed by atoms with Crippen LogP contribution in [0.3, 0.4) is 0 Å². The second-order valence-corrected chi connectivity index (χ2v) is 4.11. The van der Waals surface area contributed by atoms with Gasteiger partial charge in [-0.1, -0.05) is 0 Å². The highest BCUT2D eigenvalue weighted by Gasteiger charge is 2.45. The fourth-order valence-corrected chi connectivity index (χ4v) is 2.20. The van der Waals surface area contributed by atoms with Gasteiger partial charge in [-0.25, -0.2) is 9.59 Å². The van der Waals surface area contributed by atoms with Crippen molar-refractivity contribution in [3.63, 3.8) is 0 Å². The van der Waals surface area contributed by atoms with E-state index < -0.39 is 11.9 Å². The minimum absolute atomic E-state index is 0.0914. The van der Waals surface area contributed by atoms with Gasteiger partial charge >= 0.3 is 11.9 Å². The number of rotatable bonds is 4. The zero-order valence-corrected chi connectivity index (χ0v) is 10.2. The smallest absolute Gasteiger partial charge is 0.347 e. The third-order valence-electron chi connectivity index (χ3n) is 3.02. The summed E-state index contributed by atoms with van der Waals surface area (Å²) >= 11 is 0. The topological polar surface area (TPSA) is 55.6 Å². The Labute approximate surface area is 100 Å². The summed E-state index contributed by atoms with van der Waals surface area (Å²) in [5.74, 6) is -1.12. The Hall–Kier alpha value is -1.52. The van der Waals surface area contributed by atoms with Crippen molar-refractivity contribution in [1.82, 2.24) is 4.90 Å². The van der Waals surface area contributed by atoms with Gasteiger partial charge in [-0.05, 0) is 26.7 Å². The molecule has 0 N–H and O–H groups in total. The summed E-state index contributed by atoms with van der Waals surface area (Å²) < 4.78 is 9.85. The highest BCUT2D eigenvalue weighted by molar-refractivity contribution is 6.14. The molecule has 5 heteroatoms. The Morgan fingerprint density at radius 2 is 1.82 bits per heavy atom. The number of fused-ring (bicyclic) bond motifs is 1. The molecule has 17 heavy (non-hydrogen) atoms. The van der Waals surface area contributed by atoms with E-state index in [-0.39, 0.29) is 18.8 Å². The lowest BCUT2D eigenvalue weighted by Crippen LogP contribution is -2.22. The molecule has 2 heterocycles. The van der Waals surface area contributed by atoms with Crippen LogP contribution in [0, 0.1) is 0 Å². The van der Waals surface area contributed by atoms with Crippen LogP contribution >= 0.6 is 0 Å². The first-order valence-corrected chi connectivity index (χ1v) is 6.03. The maximum absolute atomic E-state index is 11.8. The standard InChI is InChI=1S/C12H17NO4/c1-3-16-11(14)10(12(15)17-4-2)9-6-5-8-7-13(8)9/h8H,3-7H2,1-2H3/t8-,13?/m0/s1. The number of hydrogen-bond donors (Lipinski definition) is 0. The molecule has 0 bridgehead atoms. The van der Waals surface area contributed by atoms with Gasteiger partial charge in [0, 0.05) is 18.3 Å². The average Bonchev–Trinajstić information content (AvgIpc) is 2.95. The van der Waals surface area contributed by atoms with E-state index in [0.29, 0.717) is 6.04 Å². The van der Waals surface area contributed by atoms with E-state index in [1.807, 2.05) is 0 Å². The highest BCUT2D eigenvalue weighted by Crippen LogP contribution is 2.40. The van der Waals surface area contributed by atoms with Crippen LogP contribution in [-0.4, -0.2) is 42.6 Å². The summed E-state index contributed by atoms with van der Waals surface area (Å²) in [4.78, 5) is 25.7. The summed E-state index contributed by atoms with van der Waals surface area (Å²) in [7, 11) is 0. The fourth-order valence-electron chi connectivity index (χ4n) is 2.20. The molecule has 1 atom stereocenters. The molecular weight excluding hydrogens is 222 g/mol. The molecule has 0 unspecified atom stereocenters. The Morgan fingerprint density at radius 3 is 2.18 bits per heavy atom. The predicted octanol–water partition coefficient (Wildman–Crippen LogP) is 0.845. The summed E-state index contributed by atoms with van der Waals surface area (Å²) in [5.41, 5.74) is 0.889. The van der Waals surface area contributed by atoms with E-state index in [2.05, 4.69) is 4.90 Å². The first-order valence-electron chi connectivity index (χ1n) is 6.03. The molecule has 2 aliphatic heterocycles. The van der Waals surface area contributed by atoms with Gasteiger partial charge in [0.2, 0.25) is 0 Å². The SMILES string of the molecule is CCOC(=O)C(C(=O)OCC)=C1CC[C@H]2CN12. The largest absolute Gasteiger partial charge is 0.462 e. The van der Waals surface area contributed by atoms with Crippen LogP contribution in [-0.2, 0) is 19.1 Å². The second-order valence-electron chi connectivity index (χ2n) is 4.11. The molecule has 2 rings (SSSR count). The van der Waals surface area contributed by atoms with Crippen molar-refractivity contribution in [1.29, 1.82) is 0 Å². The lowest BCUT2D eigenvalue weighted by Gasteiger charge is -2.11. The van der Waals surface area contributed by atoms with E-state index >= 15 is 0 Å². The molecular formula is C12H17NO4. The Morgan fingerprint density at radius 1 is 1.24 bits per heavy atom.